The largest absolute Gasteiger partial charge is 0.338 e. The van der Waals surface area contributed by atoms with Crippen molar-refractivity contribution in [3.05, 3.63) is 30.6 Å². The van der Waals surface area contributed by atoms with E-state index >= 15 is 0 Å². The molecule has 3 nitrogen and oxygen atoms in total. The summed E-state index contributed by atoms with van der Waals surface area (Å²) in [5, 5.41) is 0. The van der Waals surface area contributed by atoms with Gasteiger partial charge in [0.1, 0.15) is 6.33 Å². The third-order valence-electron chi connectivity index (χ3n) is 1.48. The molecule has 0 atom stereocenters. The smallest absolute Gasteiger partial charge is 0.115 e. The van der Waals surface area contributed by atoms with Gasteiger partial charge in [-0.2, -0.15) is 0 Å². The standard InChI is InChI=1S/C7H7N3.C2H6/c8-10-5-9-6-3-1-2-4-7(6)10;1-2/h1-5H,8H2;1-2H3. The first-order valence-corrected chi connectivity index (χ1v) is 4.05. The Morgan fingerprint density at radius 2 is 1.92 bits per heavy atom. The molecule has 2 aromatic rings. The van der Waals surface area contributed by atoms with Crippen LogP contribution >= 0.6 is 0 Å². The lowest BCUT2D eigenvalue weighted by Crippen LogP contribution is -2.04. The fraction of sp³-hybridized carbons (Fsp3) is 0.222. The first kappa shape index (κ1) is 8.59. The Kier molecular flexibility index (Phi) is 2.69. The summed E-state index contributed by atoms with van der Waals surface area (Å²) in [5.74, 6) is 5.53. The maximum Gasteiger partial charge on any atom is 0.115 e. The lowest BCUT2D eigenvalue weighted by molar-refractivity contribution is 1.04. The molecule has 0 radical (unpaired) electrons. The fourth-order valence-corrected chi connectivity index (χ4v) is 0.978. The van der Waals surface area contributed by atoms with Crippen molar-refractivity contribution in [2.45, 2.75) is 13.8 Å². The minimum Gasteiger partial charge on any atom is -0.338 e. The quantitative estimate of drug-likeness (QED) is 0.601. The van der Waals surface area contributed by atoms with Gasteiger partial charge in [0.2, 0.25) is 0 Å². The second-order valence-electron chi connectivity index (χ2n) is 2.14. The van der Waals surface area contributed by atoms with Crippen LogP contribution in [0.25, 0.3) is 11.0 Å². The summed E-state index contributed by atoms with van der Waals surface area (Å²) in [6.45, 7) is 4.00. The topological polar surface area (TPSA) is 43.8 Å². The fourth-order valence-electron chi connectivity index (χ4n) is 0.978. The molecule has 0 aliphatic carbocycles. The number of rotatable bonds is 0. The van der Waals surface area contributed by atoms with E-state index in [1.807, 2.05) is 38.1 Å². The molecule has 0 amide bonds. The van der Waals surface area contributed by atoms with E-state index in [0.29, 0.717) is 0 Å². The predicted octanol–water partition coefficient (Wildman–Crippen LogP) is 1.78. The Hall–Kier alpha value is -1.51. The molecule has 0 saturated heterocycles. The molecular formula is C9H13N3. The van der Waals surface area contributed by atoms with Gasteiger partial charge in [0.25, 0.3) is 0 Å². The molecule has 12 heavy (non-hydrogen) atoms. The van der Waals surface area contributed by atoms with Crippen molar-refractivity contribution < 1.29 is 0 Å². The molecule has 0 spiro atoms. The monoisotopic (exact) mass is 163 g/mol. The minimum atomic E-state index is 0.935. The lowest BCUT2D eigenvalue weighted by Gasteiger charge is -1.90. The Bertz CT molecular complexity index is 351. The van der Waals surface area contributed by atoms with Crippen molar-refractivity contribution in [3.63, 3.8) is 0 Å². The maximum atomic E-state index is 5.53. The van der Waals surface area contributed by atoms with Gasteiger partial charge in [0, 0.05) is 0 Å². The molecule has 3 heteroatoms. The Balaban J connectivity index is 0.000000336. The normalized spacial score (nSPS) is 9.17. The molecule has 0 unspecified atom stereocenters. The van der Waals surface area contributed by atoms with Gasteiger partial charge in [-0.15, -0.1) is 0 Å². The Morgan fingerprint density at radius 3 is 2.58 bits per heavy atom. The molecule has 0 bridgehead atoms. The van der Waals surface area contributed by atoms with Gasteiger partial charge < -0.3 is 5.84 Å². The highest BCUT2D eigenvalue weighted by Gasteiger charge is 1.94. The van der Waals surface area contributed by atoms with Crippen LogP contribution in [-0.2, 0) is 0 Å². The second-order valence-corrected chi connectivity index (χ2v) is 2.14. The van der Waals surface area contributed by atoms with E-state index in [0.717, 1.165) is 11.0 Å². The van der Waals surface area contributed by atoms with Crippen LogP contribution < -0.4 is 5.84 Å². The van der Waals surface area contributed by atoms with E-state index < -0.39 is 0 Å². The van der Waals surface area contributed by atoms with E-state index in [2.05, 4.69) is 4.98 Å². The van der Waals surface area contributed by atoms with E-state index in [-0.39, 0.29) is 0 Å². The van der Waals surface area contributed by atoms with E-state index in [1.54, 1.807) is 6.33 Å². The number of aromatic nitrogens is 2. The number of nitrogen functional groups attached to an aromatic ring is 1. The van der Waals surface area contributed by atoms with Crippen molar-refractivity contribution in [2.75, 3.05) is 5.84 Å². The number of imidazole rings is 1. The van der Waals surface area contributed by atoms with Crippen LogP contribution in [0.4, 0.5) is 0 Å². The van der Waals surface area contributed by atoms with Crippen LogP contribution in [0.5, 0.6) is 0 Å². The van der Waals surface area contributed by atoms with Crippen LogP contribution in [0, 0.1) is 0 Å². The zero-order valence-electron chi connectivity index (χ0n) is 7.36. The second kappa shape index (κ2) is 3.76. The van der Waals surface area contributed by atoms with Gasteiger partial charge in [-0.25, -0.2) is 9.66 Å². The van der Waals surface area contributed by atoms with E-state index in [4.69, 9.17) is 5.84 Å². The van der Waals surface area contributed by atoms with Gasteiger partial charge in [-0.05, 0) is 12.1 Å². The van der Waals surface area contributed by atoms with Crippen LogP contribution in [0.15, 0.2) is 30.6 Å². The highest BCUT2D eigenvalue weighted by Crippen LogP contribution is 2.07. The summed E-state index contributed by atoms with van der Waals surface area (Å²) < 4.78 is 1.51. The van der Waals surface area contributed by atoms with Gasteiger partial charge >= 0.3 is 0 Å². The number of nitrogens with two attached hydrogens (primary N) is 1. The number of hydrogen-bond acceptors (Lipinski definition) is 2. The zero-order valence-corrected chi connectivity index (χ0v) is 7.36. The lowest BCUT2D eigenvalue weighted by atomic mass is 10.3. The third-order valence-corrected chi connectivity index (χ3v) is 1.48. The summed E-state index contributed by atoms with van der Waals surface area (Å²) in [7, 11) is 0. The summed E-state index contributed by atoms with van der Waals surface area (Å²) in [4.78, 5) is 4.06. The first-order chi connectivity index (χ1) is 5.88. The van der Waals surface area contributed by atoms with Crippen molar-refractivity contribution in [3.8, 4) is 0 Å². The van der Waals surface area contributed by atoms with Crippen LogP contribution in [-0.4, -0.2) is 9.66 Å². The molecule has 1 aromatic carbocycles. The molecule has 0 fully saturated rings. The predicted molar refractivity (Wildman–Crippen MR) is 51.2 cm³/mol. The summed E-state index contributed by atoms with van der Waals surface area (Å²) in [6, 6.07) is 7.74. The summed E-state index contributed by atoms with van der Waals surface area (Å²) >= 11 is 0. The van der Waals surface area contributed by atoms with E-state index in [9.17, 15) is 0 Å². The summed E-state index contributed by atoms with van der Waals surface area (Å²) in [6.07, 6.45) is 1.60. The molecule has 64 valence electrons. The molecule has 2 rings (SSSR count). The van der Waals surface area contributed by atoms with Crippen LogP contribution in [0.2, 0.25) is 0 Å². The van der Waals surface area contributed by atoms with Crippen LogP contribution in [0.1, 0.15) is 13.8 Å². The third kappa shape index (κ3) is 1.39. The van der Waals surface area contributed by atoms with Gasteiger partial charge in [-0.1, -0.05) is 26.0 Å². The first-order valence-electron chi connectivity index (χ1n) is 4.05. The average Bonchev–Trinajstić information content (AvgIpc) is 2.53. The Labute approximate surface area is 71.8 Å². The van der Waals surface area contributed by atoms with E-state index in [1.165, 1.54) is 4.68 Å². The van der Waals surface area contributed by atoms with Gasteiger partial charge in [0.15, 0.2) is 0 Å². The summed E-state index contributed by atoms with van der Waals surface area (Å²) in [5.41, 5.74) is 1.90. The van der Waals surface area contributed by atoms with Crippen molar-refractivity contribution in [2.24, 2.45) is 0 Å². The molecular weight excluding hydrogens is 150 g/mol. The van der Waals surface area contributed by atoms with Crippen molar-refractivity contribution in [1.82, 2.24) is 9.66 Å². The van der Waals surface area contributed by atoms with Gasteiger partial charge in [-0.3, -0.25) is 0 Å². The molecule has 1 heterocycles. The molecule has 1 aromatic heterocycles. The Morgan fingerprint density at radius 1 is 1.25 bits per heavy atom. The molecule has 0 saturated carbocycles. The van der Waals surface area contributed by atoms with Crippen molar-refractivity contribution >= 4 is 11.0 Å². The van der Waals surface area contributed by atoms with Crippen LogP contribution in [0.3, 0.4) is 0 Å². The maximum absolute atomic E-state index is 5.53. The van der Waals surface area contributed by atoms with Gasteiger partial charge in [0.05, 0.1) is 11.0 Å². The SMILES string of the molecule is CC.Nn1cnc2ccccc21. The number of nitrogens with zero attached hydrogens (tertiary/aromatic N) is 2. The minimum absolute atomic E-state index is 0.935. The number of benzene rings is 1. The number of para-hydroxylation sites is 2. The molecule has 2 N–H and O–H groups in total. The highest BCUT2D eigenvalue weighted by atomic mass is 15.3. The highest BCUT2D eigenvalue weighted by molar-refractivity contribution is 5.74. The zero-order chi connectivity index (χ0) is 8.97. The number of fused-ring (bicyclic) bond motifs is 1. The average molecular weight is 163 g/mol. The van der Waals surface area contributed by atoms with Crippen molar-refractivity contribution in [1.29, 1.82) is 0 Å². The molecule has 0 aliphatic rings. The number of hydrogen-bond donors (Lipinski definition) is 1. The molecule has 0 aliphatic heterocycles.